The van der Waals surface area contributed by atoms with Crippen LogP contribution in [0, 0.1) is 17.3 Å². The molecule has 2 N–H and O–H groups in total. The Hall–Kier alpha value is -3.24. The van der Waals surface area contributed by atoms with E-state index in [0.717, 1.165) is 22.8 Å². The lowest BCUT2D eigenvalue weighted by molar-refractivity contribution is -0.191. The fourth-order valence-corrected chi connectivity index (χ4v) is 9.46. The van der Waals surface area contributed by atoms with Crippen LogP contribution in [0.5, 0.6) is 0 Å². The molecule has 5 aliphatic rings. The van der Waals surface area contributed by atoms with Gasteiger partial charge in [-0.3, -0.25) is 4.79 Å². The lowest BCUT2D eigenvalue weighted by Crippen LogP contribution is -2.66. The minimum atomic E-state index is -4.39. The van der Waals surface area contributed by atoms with Gasteiger partial charge in [-0.05, 0) is 91.3 Å². The number of rotatable bonds is 6. The number of amides is 1. The Morgan fingerprint density at radius 3 is 2.33 bits per heavy atom. The van der Waals surface area contributed by atoms with Gasteiger partial charge < -0.3 is 20.0 Å². The number of carboxylic acid groups (broad SMARTS) is 1. The van der Waals surface area contributed by atoms with Crippen LogP contribution in [0.25, 0.3) is 10.8 Å². The van der Waals surface area contributed by atoms with E-state index in [4.69, 9.17) is 0 Å². The van der Waals surface area contributed by atoms with Gasteiger partial charge in [-0.1, -0.05) is 42.5 Å². The molecule has 0 aromatic heterocycles. The van der Waals surface area contributed by atoms with Crippen molar-refractivity contribution in [3.63, 3.8) is 0 Å². The Morgan fingerprint density at radius 1 is 1.00 bits per heavy atom. The molecule has 42 heavy (non-hydrogen) atoms. The molecule has 4 bridgehead atoms. The van der Waals surface area contributed by atoms with E-state index < -0.39 is 28.5 Å². The zero-order valence-electron chi connectivity index (χ0n) is 22.8. The van der Waals surface area contributed by atoms with Crippen LogP contribution in [-0.4, -0.2) is 50.8 Å². The monoisotopic (exact) mass is 596 g/mol. The van der Waals surface area contributed by atoms with Crippen LogP contribution in [-0.2, 0) is 11.3 Å². The maximum Gasteiger partial charge on any atom is 0.446 e. The molecule has 3 aromatic rings. The minimum Gasteiger partial charge on any atom is -0.480 e. The molecule has 8 rings (SSSR count). The second-order valence-corrected chi connectivity index (χ2v) is 13.9. The fourth-order valence-electron chi connectivity index (χ4n) is 8.92. The van der Waals surface area contributed by atoms with Gasteiger partial charge in [-0.2, -0.15) is 13.2 Å². The number of halogens is 3. The number of carbonyl (C=O) groups excluding carboxylic acids is 1. The molecule has 2 unspecified atom stereocenters. The predicted octanol–water partition coefficient (Wildman–Crippen LogP) is 6.66. The number of thioether (sulfide) groups is 1. The van der Waals surface area contributed by atoms with Gasteiger partial charge in [0.25, 0.3) is 5.91 Å². The highest BCUT2D eigenvalue weighted by Gasteiger charge is 2.63. The first-order chi connectivity index (χ1) is 19.9. The third-order valence-corrected chi connectivity index (χ3v) is 10.5. The van der Waals surface area contributed by atoms with E-state index in [9.17, 15) is 33.0 Å². The standard InChI is InChI=1S/C32H31F3N2O4S/c33-32(34,35)42-23-8-5-19(6-9-23)16-36-18-37(28(38)25-10-7-22-3-1-2-4-24(22)26(25)36)27(29(39)40)30-12-20-11-21(13-30)15-31(41,14-20)17-30/h1-10,20-21,27,41H,11-18H2,(H,39,40)/t20?,21?,27-,30?,31?/m1/s1. The van der Waals surface area contributed by atoms with Crippen LogP contribution in [0.4, 0.5) is 18.9 Å². The molecule has 1 heterocycles. The van der Waals surface area contributed by atoms with Crippen molar-refractivity contribution in [3.05, 3.63) is 71.8 Å². The van der Waals surface area contributed by atoms with Gasteiger partial charge in [-0.25, -0.2) is 4.79 Å². The maximum absolute atomic E-state index is 14.2. The molecule has 0 radical (unpaired) electrons. The molecule has 6 nitrogen and oxygen atoms in total. The molecule has 0 saturated heterocycles. The molecule has 3 aromatic carbocycles. The summed E-state index contributed by atoms with van der Waals surface area (Å²) in [5.74, 6) is -0.914. The Kier molecular flexibility index (Phi) is 6.33. The van der Waals surface area contributed by atoms with Crippen molar-refractivity contribution >= 4 is 40.1 Å². The predicted molar refractivity (Wildman–Crippen MR) is 153 cm³/mol. The third kappa shape index (κ3) is 4.72. The van der Waals surface area contributed by atoms with Gasteiger partial charge in [0, 0.05) is 22.2 Å². The topological polar surface area (TPSA) is 81.1 Å². The maximum atomic E-state index is 14.2. The molecular formula is C32H31F3N2O4S. The summed E-state index contributed by atoms with van der Waals surface area (Å²) in [5.41, 5.74) is -4.15. The molecule has 4 fully saturated rings. The number of hydrogen-bond acceptors (Lipinski definition) is 5. The SMILES string of the molecule is O=C(O)[C@@H](N1CN(Cc2ccc(SC(F)(F)F)cc2)c2c(ccc3ccccc23)C1=O)C12CC3CC(CC(O)(C3)C1)C2. The summed E-state index contributed by atoms with van der Waals surface area (Å²) in [6.45, 7) is 0.293. The molecular weight excluding hydrogens is 565 g/mol. The Morgan fingerprint density at radius 2 is 1.69 bits per heavy atom. The van der Waals surface area contributed by atoms with Crippen molar-refractivity contribution < 1.29 is 33.0 Å². The quantitative estimate of drug-likeness (QED) is 0.310. The van der Waals surface area contributed by atoms with Crippen LogP contribution in [0.2, 0.25) is 0 Å². The van der Waals surface area contributed by atoms with Gasteiger partial charge in [0.1, 0.15) is 6.04 Å². The van der Waals surface area contributed by atoms with Gasteiger partial charge in [-0.15, -0.1) is 0 Å². The first kappa shape index (κ1) is 27.6. The van der Waals surface area contributed by atoms with E-state index in [0.29, 0.717) is 43.4 Å². The molecule has 1 aliphatic heterocycles. The van der Waals surface area contributed by atoms with E-state index in [1.807, 2.05) is 35.2 Å². The average Bonchev–Trinajstić information content (AvgIpc) is 2.89. The lowest BCUT2D eigenvalue weighted by atomic mass is 9.46. The minimum absolute atomic E-state index is 0.0192. The van der Waals surface area contributed by atoms with Crippen LogP contribution in [0.1, 0.15) is 54.4 Å². The molecule has 4 saturated carbocycles. The Labute approximate surface area is 245 Å². The van der Waals surface area contributed by atoms with Gasteiger partial charge >= 0.3 is 11.5 Å². The molecule has 220 valence electrons. The summed E-state index contributed by atoms with van der Waals surface area (Å²) in [6.07, 6.45) is 4.10. The number of hydrogen-bond donors (Lipinski definition) is 2. The largest absolute Gasteiger partial charge is 0.480 e. The van der Waals surface area contributed by atoms with Crippen molar-refractivity contribution in [1.82, 2.24) is 4.90 Å². The molecule has 3 atom stereocenters. The zero-order chi connectivity index (χ0) is 29.4. The van der Waals surface area contributed by atoms with Crippen LogP contribution < -0.4 is 4.90 Å². The number of carboxylic acids is 1. The summed E-state index contributed by atoms with van der Waals surface area (Å²) in [5, 5.41) is 23.9. The van der Waals surface area contributed by atoms with Crippen molar-refractivity contribution in [2.24, 2.45) is 17.3 Å². The number of aliphatic hydroxyl groups is 1. The number of aliphatic carboxylic acids is 1. The zero-order valence-corrected chi connectivity index (χ0v) is 23.6. The highest BCUT2D eigenvalue weighted by Crippen LogP contribution is 2.63. The summed E-state index contributed by atoms with van der Waals surface area (Å²) < 4.78 is 38.7. The number of benzene rings is 3. The van der Waals surface area contributed by atoms with E-state index in [-0.39, 0.29) is 47.6 Å². The molecule has 10 heteroatoms. The summed E-state index contributed by atoms with van der Waals surface area (Å²) >= 11 is -0.172. The normalized spacial score (nSPS) is 29.2. The first-order valence-corrected chi connectivity index (χ1v) is 15.1. The van der Waals surface area contributed by atoms with Gasteiger partial charge in [0.15, 0.2) is 0 Å². The first-order valence-electron chi connectivity index (χ1n) is 14.3. The van der Waals surface area contributed by atoms with Crippen molar-refractivity contribution in [3.8, 4) is 0 Å². The van der Waals surface area contributed by atoms with Gasteiger partial charge in [0.05, 0.1) is 23.5 Å². The smallest absolute Gasteiger partial charge is 0.446 e. The highest BCUT2D eigenvalue weighted by atomic mass is 32.2. The average molecular weight is 597 g/mol. The molecule has 1 amide bonds. The number of anilines is 1. The molecule has 4 aliphatic carbocycles. The summed E-state index contributed by atoms with van der Waals surface area (Å²) in [4.78, 5) is 30.9. The number of nitrogens with zero attached hydrogens (tertiary/aromatic N) is 2. The fraction of sp³-hybridized carbons (Fsp3) is 0.438. The van der Waals surface area contributed by atoms with Crippen LogP contribution in [0.3, 0.4) is 0 Å². The summed E-state index contributed by atoms with van der Waals surface area (Å²) in [7, 11) is 0. The lowest BCUT2D eigenvalue weighted by Gasteiger charge is -2.63. The number of fused-ring (bicyclic) bond motifs is 3. The van der Waals surface area contributed by atoms with Crippen molar-refractivity contribution in [2.75, 3.05) is 11.6 Å². The highest BCUT2D eigenvalue weighted by molar-refractivity contribution is 8.00. The summed E-state index contributed by atoms with van der Waals surface area (Å²) in [6, 6.07) is 16.3. The third-order valence-electron chi connectivity index (χ3n) is 9.76. The van der Waals surface area contributed by atoms with Crippen molar-refractivity contribution in [1.29, 1.82) is 0 Å². The van der Waals surface area contributed by atoms with E-state index >= 15 is 0 Å². The Balaban J connectivity index is 1.29. The second-order valence-electron chi connectivity index (χ2n) is 12.8. The van der Waals surface area contributed by atoms with Crippen LogP contribution >= 0.6 is 11.8 Å². The van der Waals surface area contributed by atoms with E-state index in [1.54, 1.807) is 18.2 Å². The molecule has 0 spiro atoms. The number of carbonyl (C=O) groups is 2. The van der Waals surface area contributed by atoms with Crippen molar-refractivity contribution in [2.45, 2.75) is 67.1 Å². The number of alkyl halides is 3. The Bertz CT molecular complexity index is 1560. The van der Waals surface area contributed by atoms with E-state index in [1.165, 1.54) is 17.0 Å². The van der Waals surface area contributed by atoms with Gasteiger partial charge in [0.2, 0.25) is 0 Å². The van der Waals surface area contributed by atoms with Crippen LogP contribution in [0.15, 0.2) is 65.6 Å². The van der Waals surface area contributed by atoms with E-state index in [2.05, 4.69) is 0 Å². The second kappa shape index (κ2) is 9.64.